The molecule has 2 rings (SSSR count). The van der Waals surface area contributed by atoms with Gasteiger partial charge in [-0.1, -0.05) is 43.3 Å². The molecule has 2 aromatic rings. The molecule has 0 radical (unpaired) electrons. The summed E-state index contributed by atoms with van der Waals surface area (Å²) in [6, 6.07) is 6.35. The second-order valence-electron chi connectivity index (χ2n) is 6.99. The van der Waals surface area contributed by atoms with Crippen molar-refractivity contribution >= 4 is 17.7 Å². The van der Waals surface area contributed by atoms with Gasteiger partial charge in [-0.3, -0.25) is 4.79 Å². The van der Waals surface area contributed by atoms with E-state index in [0.717, 1.165) is 35.8 Å². The lowest BCUT2D eigenvalue weighted by Crippen LogP contribution is -2.28. The van der Waals surface area contributed by atoms with Crippen molar-refractivity contribution < 1.29 is 4.79 Å². The number of carbonyl (C=O) groups is 1. The van der Waals surface area contributed by atoms with E-state index in [1.165, 1.54) is 28.6 Å². The second-order valence-corrected chi connectivity index (χ2v) is 7.93. The molecule has 0 spiro atoms. The van der Waals surface area contributed by atoms with E-state index < -0.39 is 0 Å². The minimum atomic E-state index is 0.00529. The zero-order valence-electron chi connectivity index (χ0n) is 16.8. The van der Waals surface area contributed by atoms with Crippen LogP contribution in [0.5, 0.6) is 0 Å². The molecule has 1 aromatic carbocycles. The van der Waals surface area contributed by atoms with E-state index in [4.69, 9.17) is 0 Å². The van der Waals surface area contributed by atoms with Crippen LogP contribution in [0.1, 0.15) is 60.8 Å². The Kier molecular flexibility index (Phi) is 7.33. The molecule has 0 aliphatic heterocycles. The van der Waals surface area contributed by atoms with Crippen molar-refractivity contribution in [1.82, 2.24) is 14.9 Å². The van der Waals surface area contributed by atoms with Gasteiger partial charge in [0.2, 0.25) is 5.91 Å². The SMILES string of the molecule is CCCCn1c(SCC(=O)NC(C)c2ccc(C)c(C)c2)nc(C)c1C. The van der Waals surface area contributed by atoms with E-state index in [1.807, 2.05) is 13.8 Å². The molecular formula is C21H31N3OS. The van der Waals surface area contributed by atoms with Crippen molar-refractivity contribution in [3.63, 3.8) is 0 Å². The van der Waals surface area contributed by atoms with Gasteiger partial charge in [-0.05, 0) is 57.7 Å². The van der Waals surface area contributed by atoms with Gasteiger partial charge in [-0.2, -0.15) is 0 Å². The Bertz CT molecular complexity index is 767. The zero-order chi connectivity index (χ0) is 19.3. The molecule has 26 heavy (non-hydrogen) atoms. The number of imidazole rings is 1. The fourth-order valence-corrected chi connectivity index (χ4v) is 3.77. The number of unbranched alkanes of at least 4 members (excludes halogenated alkanes) is 1. The van der Waals surface area contributed by atoms with Gasteiger partial charge in [0, 0.05) is 12.2 Å². The highest BCUT2D eigenvalue weighted by Gasteiger charge is 2.15. The number of aromatic nitrogens is 2. The maximum atomic E-state index is 12.4. The van der Waals surface area contributed by atoms with Crippen LogP contribution in [0.2, 0.25) is 0 Å². The molecule has 4 nitrogen and oxygen atoms in total. The van der Waals surface area contributed by atoms with Gasteiger partial charge in [-0.15, -0.1) is 0 Å². The van der Waals surface area contributed by atoms with E-state index in [0.29, 0.717) is 5.75 Å². The van der Waals surface area contributed by atoms with Gasteiger partial charge in [0.1, 0.15) is 0 Å². The second kappa shape index (κ2) is 9.26. The van der Waals surface area contributed by atoms with Crippen LogP contribution in [0.15, 0.2) is 23.4 Å². The van der Waals surface area contributed by atoms with Gasteiger partial charge in [-0.25, -0.2) is 4.98 Å². The largest absolute Gasteiger partial charge is 0.349 e. The van der Waals surface area contributed by atoms with Crippen molar-refractivity contribution in [3.05, 3.63) is 46.3 Å². The standard InChI is InChI=1S/C21H31N3OS/c1-7-8-11-24-18(6)16(4)23-21(24)26-13-20(25)22-17(5)19-10-9-14(2)15(3)12-19/h9-10,12,17H,7-8,11,13H2,1-6H3,(H,22,25). The van der Waals surface area contributed by atoms with E-state index in [-0.39, 0.29) is 11.9 Å². The molecule has 0 fully saturated rings. The minimum absolute atomic E-state index is 0.00529. The van der Waals surface area contributed by atoms with Gasteiger partial charge in [0.05, 0.1) is 17.5 Å². The minimum Gasteiger partial charge on any atom is -0.349 e. The summed E-state index contributed by atoms with van der Waals surface area (Å²) in [5, 5.41) is 4.05. The number of amides is 1. The average Bonchev–Trinajstić information content (AvgIpc) is 2.87. The number of rotatable bonds is 8. The van der Waals surface area contributed by atoms with E-state index in [9.17, 15) is 4.79 Å². The summed E-state index contributed by atoms with van der Waals surface area (Å²) in [6.07, 6.45) is 2.27. The molecule has 1 amide bonds. The Balaban J connectivity index is 1.96. The first kappa shape index (κ1) is 20.6. The van der Waals surface area contributed by atoms with Crippen molar-refractivity contribution in [3.8, 4) is 0 Å². The number of hydrogen-bond donors (Lipinski definition) is 1. The van der Waals surface area contributed by atoms with E-state index in [2.05, 4.69) is 60.8 Å². The summed E-state index contributed by atoms with van der Waals surface area (Å²) < 4.78 is 2.24. The van der Waals surface area contributed by atoms with Crippen LogP contribution in [0, 0.1) is 27.7 Å². The van der Waals surface area contributed by atoms with Gasteiger partial charge < -0.3 is 9.88 Å². The van der Waals surface area contributed by atoms with E-state index in [1.54, 1.807) is 0 Å². The van der Waals surface area contributed by atoms with Crippen LogP contribution >= 0.6 is 11.8 Å². The van der Waals surface area contributed by atoms with Crippen molar-refractivity contribution in [1.29, 1.82) is 0 Å². The maximum absolute atomic E-state index is 12.4. The number of hydrogen-bond acceptors (Lipinski definition) is 3. The quantitative estimate of drug-likeness (QED) is 0.670. The lowest BCUT2D eigenvalue weighted by atomic mass is 10.0. The molecule has 1 N–H and O–H groups in total. The van der Waals surface area contributed by atoms with Gasteiger partial charge >= 0.3 is 0 Å². The molecule has 1 heterocycles. The Labute approximate surface area is 161 Å². The molecule has 1 unspecified atom stereocenters. The fraction of sp³-hybridized carbons (Fsp3) is 0.524. The molecule has 142 valence electrons. The lowest BCUT2D eigenvalue weighted by Gasteiger charge is -2.16. The monoisotopic (exact) mass is 373 g/mol. The fourth-order valence-electron chi connectivity index (χ4n) is 2.84. The summed E-state index contributed by atoms with van der Waals surface area (Å²) >= 11 is 1.52. The summed E-state index contributed by atoms with van der Waals surface area (Å²) in [4.78, 5) is 17.0. The Hall–Kier alpha value is -1.75. The Morgan fingerprint density at radius 3 is 2.62 bits per heavy atom. The smallest absolute Gasteiger partial charge is 0.230 e. The molecule has 0 saturated heterocycles. The highest BCUT2D eigenvalue weighted by atomic mass is 32.2. The molecule has 0 saturated carbocycles. The van der Waals surface area contributed by atoms with Crippen molar-refractivity contribution in [2.75, 3.05) is 5.75 Å². The van der Waals surface area contributed by atoms with Gasteiger partial charge in [0.15, 0.2) is 5.16 Å². The van der Waals surface area contributed by atoms with Crippen LogP contribution in [0.25, 0.3) is 0 Å². The third kappa shape index (κ3) is 5.13. The highest BCUT2D eigenvalue weighted by Crippen LogP contribution is 2.22. The summed E-state index contributed by atoms with van der Waals surface area (Å²) in [5.74, 6) is 0.429. The average molecular weight is 374 g/mol. The number of aryl methyl sites for hydroxylation is 3. The predicted molar refractivity (Wildman–Crippen MR) is 110 cm³/mol. The summed E-state index contributed by atoms with van der Waals surface area (Å²) in [6.45, 7) is 13.5. The molecule has 0 aliphatic carbocycles. The first-order valence-electron chi connectivity index (χ1n) is 9.36. The number of thioether (sulfide) groups is 1. The zero-order valence-corrected chi connectivity index (χ0v) is 17.7. The molecule has 1 aromatic heterocycles. The van der Waals surface area contributed by atoms with Crippen LogP contribution < -0.4 is 5.32 Å². The molecule has 5 heteroatoms. The third-order valence-electron chi connectivity index (χ3n) is 4.90. The van der Waals surface area contributed by atoms with Crippen molar-refractivity contribution in [2.24, 2.45) is 0 Å². The third-order valence-corrected chi connectivity index (χ3v) is 5.88. The molecule has 0 aliphatic rings. The maximum Gasteiger partial charge on any atom is 0.230 e. The Morgan fingerprint density at radius 1 is 1.23 bits per heavy atom. The normalized spacial score (nSPS) is 12.2. The number of nitrogens with one attached hydrogen (secondary N) is 1. The van der Waals surface area contributed by atoms with Crippen LogP contribution in [-0.2, 0) is 11.3 Å². The summed E-state index contributed by atoms with van der Waals surface area (Å²) in [7, 11) is 0. The lowest BCUT2D eigenvalue weighted by molar-refractivity contribution is -0.119. The van der Waals surface area contributed by atoms with Crippen LogP contribution in [-0.4, -0.2) is 21.2 Å². The molecular weight excluding hydrogens is 342 g/mol. The molecule has 1 atom stereocenters. The van der Waals surface area contributed by atoms with Crippen LogP contribution in [0.3, 0.4) is 0 Å². The van der Waals surface area contributed by atoms with Gasteiger partial charge in [0.25, 0.3) is 0 Å². The summed E-state index contributed by atoms with van der Waals surface area (Å²) in [5.41, 5.74) is 5.91. The number of carbonyl (C=O) groups excluding carboxylic acids is 1. The highest BCUT2D eigenvalue weighted by molar-refractivity contribution is 7.99. The molecule has 0 bridgehead atoms. The first-order chi connectivity index (χ1) is 12.3. The predicted octanol–water partition coefficient (Wildman–Crippen LogP) is 4.89. The Morgan fingerprint density at radius 2 is 1.96 bits per heavy atom. The van der Waals surface area contributed by atoms with Crippen LogP contribution in [0.4, 0.5) is 0 Å². The number of benzene rings is 1. The topological polar surface area (TPSA) is 46.9 Å². The van der Waals surface area contributed by atoms with E-state index >= 15 is 0 Å². The first-order valence-corrected chi connectivity index (χ1v) is 10.3. The number of nitrogens with zero attached hydrogens (tertiary/aromatic N) is 2. The van der Waals surface area contributed by atoms with Crippen molar-refractivity contribution in [2.45, 2.75) is 72.1 Å².